The molecule has 0 saturated heterocycles. The van der Waals surface area contributed by atoms with E-state index in [0.717, 1.165) is 31.2 Å². The van der Waals surface area contributed by atoms with Gasteiger partial charge in [0, 0.05) is 6.42 Å². The lowest BCUT2D eigenvalue weighted by molar-refractivity contribution is -0.142. The summed E-state index contributed by atoms with van der Waals surface area (Å²) in [5.41, 5.74) is 2.31. The minimum Gasteiger partial charge on any atom is -0.469 e. The lowest BCUT2D eigenvalue weighted by Gasteiger charge is -2.28. The largest absolute Gasteiger partial charge is 0.469 e. The zero-order valence-corrected chi connectivity index (χ0v) is 13.3. The van der Waals surface area contributed by atoms with Crippen molar-refractivity contribution in [1.29, 1.82) is 0 Å². The lowest BCUT2D eigenvalue weighted by Crippen LogP contribution is -2.17. The van der Waals surface area contributed by atoms with E-state index in [2.05, 4.69) is 16.9 Å². The average molecular weight is 304 g/mol. The van der Waals surface area contributed by atoms with E-state index >= 15 is 0 Å². The highest BCUT2D eigenvalue weighted by atomic mass is 16.5. The van der Waals surface area contributed by atoms with Gasteiger partial charge in [0.2, 0.25) is 0 Å². The van der Waals surface area contributed by atoms with E-state index in [1.54, 1.807) is 0 Å². The Morgan fingerprint density at radius 1 is 0.955 bits per heavy atom. The summed E-state index contributed by atoms with van der Waals surface area (Å²) in [4.78, 5) is 22.6. The molecule has 0 unspecified atom stereocenters. The molecule has 0 aliphatic heterocycles. The quantitative estimate of drug-likeness (QED) is 0.784. The van der Waals surface area contributed by atoms with Gasteiger partial charge in [0.15, 0.2) is 0 Å². The Kier molecular flexibility index (Phi) is 5.99. The fourth-order valence-electron chi connectivity index (χ4n) is 3.17. The van der Waals surface area contributed by atoms with E-state index in [0.29, 0.717) is 24.7 Å². The summed E-state index contributed by atoms with van der Waals surface area (Å²) >= 11 is 0. The second-order valence-electron chi connectivity index (χ2n) is 5.99. The molecule has 4 nitrogen and oxygen atoms in total. The van der Waals surface area contributed by atoms with Crippen LogP contribution in [0.3, 0.4) is 0 Å². The molecule has 1 aromatic rings. The number of benzene rings is 1. The molecular formula is C18H24O4. The van der Waals surface area contributed by atoms with E-state index < -0.39 is 0 Å². The van der Waals surface area contributed by atoms with Crippen LogP contribution in [0.1, 0.15) is 49.1 Å². The molecular weight excluding hydrogens is 280 g/mol. The summed E-state index contributed by atoms with van der Waals surface area (Å²) in [6.07, 6.45) is 5.23. The van der Waals surface area contributed by atoms with Crippen molar-refractivity contribution in [3.8, 4) is 0 Å². The van der Waals surface area contributed by atoms with Gasteiger partial charge in [-0.2, -0.15) is 0 Å². The third-order valence-electron chi connectivity index (χ3n) is 4.56. The molecule has 0 radical (unpaired) electrons. The first-order valence-corrected chi connectivity index (χ1v) is 7.84. The normalized spacial score (nSPS) is 21.2. The van der Waals surface area contributed by atoms with E-state index in [9.17, 15) is 9.59 Å². The molecule has 0 N–H and O–H groups in total. The van der Waals surface area contributed by atoms with Gasteiger partial charge in [-0.25, -0.2) is 0 Å². The van der Waals surface area contributed by atoms with Crippen LogP contribution < -0.4 is 0 Å². The standard InChI is InChI=1S/C18H24O4/c1-21-17(19)11-13-3-7-15(8-4-13)16-9-5-14(6-10-16)12-18(20)22-2/h3-4,7-8,14,16H,5-6,9-12H2,1-2H3/t14-,16-. The molecule has 4 heteroatoms. The highest BCUT2D eigenvalue weighted by Crippen LogP contribution is 2.37. The van der Waals surface area contributed by atoms with Crippen molar-refractivity contribution >= 4 is 11.9 Å². The van der Waals surface area contributed by atoms with E-state index in [1.165, 1.54) is 19.8 Å². The Hall–Kier alpha value is -1.84. The molecule has 1 fully saturated rings. The molecule has 0 spiro atoms. The number of rotatable bonds is 5. The predicted molar refractivity (Wildman–Crippen MR) is 83.5 cm³/mol. The van der Waals surface area contributed by atoms with Crippen LogP contribution in [0.25, 0.3) is 0 Å². The third kappa shape index (κ3) is 4.58. The van der Waals surface area contributed by atoms with Crippen LogP contribution in [0.5, 0.6) is 0 Å². The first kappa shape index (κ1) is 16.5. The third-order valence-corrected chi connectivity index (χ3v) is 4.56. The summed E-state index contributed by atoms with van der Waals surface area (Å²) in [6, 6.07) is 8.24. The fraction of sp³-hybridized carbons (Fsp3) is 0.556. The molecule has 120 valence electrons. The monoisotopic (exact) mass is 304 g/mol. The molecule has 0 atom stereocenters. The minimum absolute atomic E-state index is 0.101. The number of hydrogen-bond acceptors (Lipinski definition) is 4. The van der Waals surface area contributed by atoms with Crippen LogP contribution in [-0.2, 0) is 25.5 Å². The molecule has 0 amide bonds. The Bertz CT molecular complexity index is 498. The van der Waals surface area contributed by atoms with E-state index in [-0.39, 0.29) is 11.9 Å². The second kappa shape index (κ2) is 7.97. The number of ether oxygens (including phenoxy) is 2. The summed E-state index contributed by atoms with van der Waals surface area (Å²) < 4.78 is 9.42. The fourth-order valence-corrected chi connectivity index (χ4v) is 3.17. The second-order valence-corrected chi connectivity index (χ2v) is 5.99. The predicted octanol–water partition coefficient (Wildman–Crippen LogP) is 3.24. The van der Waals surface area contributed by atoms with Crippen molar-refractivity contribution < 1.29 is 19.1 Å². The Morgan fingerprint density at radius 2 is 1.55 bits per heavy atom. The van der Waals surface area contributed by atoms with Crippen molar-refractivity contribution in [3.63, 3.8) is 0 Å². The van der Waals surface area contributed by atoms with Crippen LogP contribution >= 0.6 is 0 Å². The van der Waals surface area contributed by atoms with Crippen molar-refractivity contribution in [3.05, 3.63) is 35.4 Å². The SMILES string of the molecule is COC(=O)Cc1ccc([C@H]2CC[C@H](CC(=O)OC)CC2)cc1. The molecule has 1 saturated carbocycles. The van der Waals surface area contributed by atoms with Crippen LogP contribution in [0.15, 0.2) is 24.3 Å². The molecule has 0 bridgehead atoms. The van der Waals surface area contributed by atoms with Crippen LogP contribution in [0, 0.1) is 5.92 Å². The molecule has 2 rings (SSSR count). The zero-order valence-electron chi connectivity index (χ0n) is 13.3. The highest BCUT2D eigenvalue weighted by Gasteiger charge is 2.24. The number of hydrogen-bond donors (Lipinski definition) is 0. The first-order valence-electron chi connectivity index (χ1n) is 7.84. The minimum atomic E-state index is -0.212. The van der Waals surface area contributed by atoms with Crippen LogP contribution in [-0.4, -0.2) is 26.2 Å². The Balaban J connectivity index is 1.86. The summed E-state index contributed by atoms with van der Waals surface area (Å²) in [5, 5.41) is 0. The van der Waals surface area contributed by atoms with Gasteiger partial charge >= 0.3 is 11.9 Å². The van der Waals surface area contributed by atoms with Gasteiger partial charge in [0.1, 0.15) is 0 Å². The molecule has 1 aliphatic carbocycles. The van der Waals surface area contributed by atoms with Gasteiger partial charge < -0.3 is 9.47 Å². The maximum Gasteiger partial charge on any atom is 0.309 e. The molecule has 1 aliphatic rings. The average Bonchev–Trinajstić information content (AvgIpc) is 2.56. The van der Waals surface area contributed by atoms with Gasteiger partial charge in [-0.05, 0) is 48.6 Å². The Morgan fingerprint density at radius 3 is 2.09 bits per heavy atom. The molecule has 0 heterocycles. The lowest BCUT2D eigenvalue weighted by atomic mass is 9.77. The number of carbonyl (C=O) groups is 2. The van der Waals surface area contributed by atoms with Gasteiger partial charge in [-0.3, -0.25) is 9.59 Å². The van der Waals surface area contributed by atoms with Crippen molar-refractivity contribution in [2.45, 2.75) is 44.4 Å². The summed E-state index contributed by atoms with van der Waals surface area (Å²) in [7, 11) is 2.85. The highest BCUT2D eigenvalue weighted by molar-refractivity contribution is 5.72. The molecule has 22 heavy (non-hydrogen) atoms. The maximum atomic E-state index is 11.3. The van der Waals surface area contributed by atoms with Gasteiger partial charge in [-0.15, -0.1) is 0 Å². The van der Waals surface area contributed by atoms with Gasteiger partial charge in [-0.1, -0.05) is 24.3 Å². The van der Waals surface area contributed by atoms with E-state index in [1.807, 2.05) is 12.1 Å². The number of esters is 2. The van der Waals surface area contributed by atoms with Crippen LogP contribution in [0.4, 0.5) is 0 Å². The smallest absolute Gasteiger partial charge is 0.309 e. The van der Waals surface area contributed by atoms with Gasteiger partial charge in [0.25, 0.3) is 0 Å². The molecule has 1 aromatic carbocycles. The Labute approximate surface area is 131 Å². The molecule has 0 aromatic heterocycles. The van der Waals surface area contributed by atoms with E-state index in [4.69, 9.17) is 4.74 Å². The zero-order chi connectivity index (χ0) is 15.9. The number of carbonyl (C=O) groups excluding carboxylic acids is 2. The van der Waals surface area contributed by atoms with Crippen LogP contribution in [0.2, 0.25) is 0 Å². The van der Waals surface area contributed by atoms with Gasteiger partial charge in [0.05, 0.1) is 20.6 Å². The topological polar surface area (TPSA) is 52.6 Å². The van der Waals surface area contributed by atoms with Crippen molar-refractivity contribution in [1.82, 2.24) is 0 Å². The summed E-state index contributed by atoms with van der Waals surface area (Å²) in [6.45, 7) is 0. The van der Waals surface area contributed by atoms with Crippen molar-refractivity contribution in [2.75, 3.05) is 14.2 Å². The van der Waals surface area contributed by atoms with Crippen molar-refractivity contribution in [2.24, 2.45) is 5.92 Å². The summed E-state index contributed by atoms with van der Waals surface area (Å²) in [5.74, 6) is 0.704. The first-order chi connectivity index (χ1) is 10.6. The maximum absolute atomic E-state index is 11.3. The number of methoxy groups -OCH3 is 2.